The Bertz CT molecular complexity index is 3080. The zero-order chi connectivity index (χ0) is 56.8. The Morgan fingerprint density at radius 2 is 0.950 bits per heavy atom. The zero-order valence-electron chi connectivity index (χ0n) is 44.9. The molecule has 0 aliphatic carbocycles. The van der Waals surface area contributed by atoms with Crippen LogP contribution in [0.25, 0.3) is 0 Å². The van der Waals surface area contributed by atoms with Crippen LogP contribution in [0, 0.1) is 5.82 Å². The highest BCUT2D eigenvalue weighted by Gasteiger charge is 2.47. The average molecular weight is 1190 g/mol. The molecular weight excluding hydrogens is 1130 g/mol. The summed E-state index contributed by atoms with van der Waals surface area (Å²) in [5, 5.41) is 6.71. The van der Waals surface area contributed by atoms with E-state index in [1.807, 2.05) is 107 Å². The van der Waals surface area contributed by atoms with Gasteiger partial charge in [0.2, 0.25) is 11.8 Å². The lowest BCUT2D eigenvalue weighted by atomic mass is 9.93. The van der Waals surface area contributed by atoms with E-state index in [0.29, 0.717) is 82.0 Å². The van der Waals surface area contributed by atoms with Crippen molar-refractivity contribution in [1.82, 2.24) is 30.2 Å². The topological polar surface area (TPSA) is 167 Å². The van der Waals surface area contributed by atoms with Crippen LogP contribution >= 0.6 is 39.1 Å². The number of amides is 6. The summed E-state index contributed by atoms with van der Waals surface area (Å²) in [7, 11) is 3.16. The number of hydrogen-bond acceptors (Lipinski definition) is 10. The van der Waals surface area contributed by atoms with Crippen LogP contribution in [0.1, 0.15) is 85.2 Å². The second-order valence-electron chi connectivity index (χ2n) is 19.8. The molecule has 6 aromatic rings. The van der Waals surface area contributed by atoms with Crippen LogP contribution in [-0.4, -0.2) is 121 Å². The lowest BCUT2D eigenvalue weighted by molar-refractivity contribution is -0.124. The highest BCUT2D eigenvalue weighted by molar-refractivity contribution is 9.10. The maximum absolute atomic E-state index is 14.4. The quantitative estimate of drug-likeness (QED) is 0.122. The fourth-order valence-corrected chi connectivity index (χ4v) is 10.5. The Kier molecular flexibility index (Phi) is 18.0. The van der Waals surface area contributed by atoms with Gasteiger partial charge in [0, 0.05) is 52.8 Å². The van der Waals surface area contributed by atoms with Gasteiger partial charge in [0.25, 0.3) is 0 Å². The van der Waals surface area contributed by atoms with E-state index in [1.54, 1.807) is 71.4 Å². The summed E-state index contributed by atoms with van der Waals surface area (Å²) in [4.78, 5) is 69.9. The van der Waals surface area contributed by atoms with Gasteiger partial charge in [-0.15, -0.1) is 0 Å². The van der Waals surface area contributed by atoms with Crippen molar-refractivity contribution < 1.29 is 42.5 Å². The number of ether oxygens (including phenoxy) is 4. The van der Waals surface area contributed by atoms with E-state index in [2.05, 4.69) is 26.6 Å². The first-order chi connectivity index (χ1) is 38.5. The van der Waals surface area contributed by atoms with Crippen LogP contribution in [0.5, 0.6) is 23.0 Å². The fourth-order valence-electron chi connectivity index (χ4n) is 9.95. The number of nitrogens with one attached hydrogen (secondary N) is 2. The third-order valence-corrected chi connectivity index (χ3v) is 14.6. The molecule has 0 unspecified atom stereocenters. The van der Waals surface area contributed by atoms with Crippen molar-refractivity contribution in [2.45, 2.75) is 64.1 Å². The number of piperazine rings is 2. The highest BCUT2D eigenvalue weighted by atomic mass is 79.9. The molecule has 20 heteroatoms. The number of hydrogen-bond donors (Lipinski definition) is 2. The molecule has 0 spiro atoms. The molecule has 2 N–H and O–H groups in total. The van der Waals surface area contributed by atoms with Gasteiger partial charge in [0.15, 0.2) is 0 Å². The number of halogens is 4. The average Bonchev–Trinajstić information content (AvgIpc) is 4.08. The minimum Gasteiger partial charge on any atom is -0.497 e. The Morgan fingerprint density at radius 1 is 0.575 bits per heavy atom. The molecule has 0 aromatic heterocycles. The minimum absolute atomic E-state index is 0.0309. The van der Waals surface area contributed by atoms with E-state index in [-0.39, 0.29) is 55.0 Å². The lowest BCUT2D eigenvalue weighted by Gasteiger charge is -2.36. The van der Waals surface area contributed by atoms with E-state index in [0.717, 1.165) is 26.7 Å². The molecule has 0 saturated carbocycles. The molecule has 4 atom stereocenters. The first-order valence-electron chi connectivity index (χ1n) is 26.1. The number of amidine groups is 2. The van der Waals surface area contributed by atoms with Gasteiger partial charge in [-0.1, -0.05) is 87.7 Å². The number of benzene rings is 6. The Labute approximate surface area is 482 Å². The Hall–Kier alpha value is -7.67. The number of methoxy groups -OCH3 is 2. The van der Waals surface area contributed by atoms with Gasteiger partial charge in [0.1, 0.15) is 65.7 Å². The molecule has 4 aliphatic rings. The van der Waals surface area contributed by atoms with Crippen LogP contribution in [0.3, 0.4) is 0 Å². The summed E-state index contributed by atoms with van der Waals surface area (Å²) in [6.45, 7) is 9.07. The SMILES string of the molecule is COc1ccc(C2=N[C@@H](c3ccc(Br)cc3)[C@@H](c3ccc(Cl)cc3)N2C(=O)N2CCNC(=O)C2)c(OC(C)C)c1.COc1ccc(C2=N[C@@H](c3ccc(F)cc3)[C@@H](c3ccc(Cl)cc3)N2C(=O)N2CCNC(=O)C2)c(OC(C)C)c1. The van der Waals surface area contributed by atoms with Gasteiger partial charge in [-0.25, -0.2) is 14.0 Å². The molecule has 2 fully saturated rings. The predicted molar refractivity (Wildman–Crippen MR) is 309 cm³/mol. The number of urea groups is 2. The van der Waals surface area contributed by atoms with E-state index in [1.165, 1.54) is 17.0 Å². The highest BCUT2D eigenvalue weighted by Crippen LogP contribution is 2.48. The molecule has 2 saturated heterocycles. The largest absolute Gasteiger partial charge is 0.497 e. The summed E-state index contributed by atoms with van der Waals surface area (Å²) in [5.74, 6) is 2.30. The van der Waals surface area contributed by atoms with Crippen molar-refractivity contribution >= 4 is 74.7 Å². The Balaban J connectivity index is 0.000000194. The molecule has 416 valence electrons. The standard InChI is InChI=1S/C30H30BrClN4O4.C30H30ClFN4O4/c1-18(2)40-25-16-23(39-3)12-13-24(25)29-34-27(19-4-8-21(31)9-5-19)28(20-6-10-22(32)11-7-20)36(29)30(38)35-15-14-33-26(37)17-35;1-18(2)40-25-16-23(39-3)12-13-24(25)29-34-27(19-6-10-22(32)11-7-19)28(20-4-8-21(31)9-5-20)36(29)30(38)35-15-14-33-26(37)17-35/h2*4-13,16,18,27-28H,14-15,17H2,1-3H3,(H,33,37)/t2*27-,28+/m00/s1. The molecule has 6 amide bonds. The molecular formula is C60H60BrCl2FN8O8. The molecule has 80 heavy (non-hydrogen) atoms. The van der Waals surface area contributed by atoms with Crippen molar-refractivity contribution in [2.75, 3.05) is 53.5 Å². The summed E-state index contributed by atoms with van der Waals surface area (Å²) in [6.07, 6.45) is -0.292. The summed E-state index contributed by atoms with van der Waals surface area (Å²) in [6, 6.07) is 36.8. The van der Waals surface area contributed by atoms with Crippen molar-refractivity contribution in [1.29, 1.82) is 0 Å². The molecule has 10 rings (SSSR count). The van der Waals surface area contributed by atoms with E-state index >= 15 is 0 Å². The second kappa shape index (κ2) is 25.2. The van der Waals surface area contributed by atoms with E-state index < -0.39 is 24.2 Å². The van der Waals surface area contributed by atoms with Crippen molar-refractivity contribution in [3.63, 3.8) is 0 Å². The molecule has 4 aliphatic heterocycles. The molecule has 6 aromatic carbocycles. The normalized spacial score (nSPS) is 18.9. The van der Waals surface area contributed by atoms with Crippen LogP contribution in [0.4, 0.5) is 14.0 Å². The summed E-state index contributed by atoms with van der Waals surface area (Å²) < 4.78 is 38.1. The van der Waals surface area contributed by atoms with E-state index in [4.69, 9.17) is 52.1 Å². The third kappa shape index (κ3) is 12.8. The molecule has 16 nitrogen and oxygen atoms in total. The van der Waals surface area contributed by atoms with E-state index in [9.17, 15) is 23.6 Å². The summed E-state index contributed by atoms with van der Waals surface area (Å²) in [5.41, 5.74) is 4.56. The Morgan fingerprint density at radius 3 is 1.31 bits per heavy atom. The van der Waals surface area contributed by atoms with Gasteiger partial charge >= 0.3 is 12.1 Å². The van der Waals surface area contributed by atoms with Gasteiger partial charge in [-0.05, 0) is 123 Å². The van der Waals surface area contributed by atoms with Crippen LogP contribution in [-0.2, 0) is 9.59 Å². The fraction of sp³-hybridized carbons (Fsp3) is 0.300. The zero-order valence-corrected chi connectivity index (χ0v) is 48.0. The minimum atomic E-state index is -0.607. The molecule has 0 radical (unpaired) electrons. The van der Waals surface area contributed by atoms with Crippen LogP contribution < -0.4 is 29.6 Å². The van der Waals surface area contributed by atoms with Crippen molar-refractivity contribution in [3.8, 4) is 23.0 Å². The predicted octanol–water partition coefficient (Wildman–Crippen LogP) is 11.4. The second-order valence-corrected chi connectivity index (χ2v) is 21.6. The maximum atomic E-state index is 14.4. The van der Waals surface area contributed by atoms with Crippen LogP contribution in [0.15, 0.2) is 148 Å². The maximum Gasteiger partial charge on any atom is 0.326 e. The van der Waals surface area contributed by atoms with Gasteiger partial charge in [0.05, 0.1) is 49.6 Å². The first kappa shape index (κ1) is 57.0. The first-order valence-corrected chi connectivity index (χ1v) is 27.6. The summed E-state index contributed by atoms with van der Waals surface area (Å²) >= 11 is 16.0. The number of carbonyl (C=O) groups excluding carboxylic acids is 4. The van der Waals surface area contributed by atoms with Crippen molar-refractivity contribution in [3.05, 3.63) is 187 Å². The molecule has 4 heterocycles. The lowest BCUT2D eigenvalue weighted by Crippen LogP contribution is -2.55. The van der Waals surface area contributed by atoms with Gasteiger partial charge < -0.3 is 39.4 Å². The third-order valence-electron chi connectivity index (χ3n) is 13.6. The van der Waals surface area contributed by atoms with Gasteiger partial charge in [-0.2, -0.15) is 0 Å². The number of carbonyl (C=O) groups is 4. The van der Waals surface area contributed by atoms with Gasteiger partial charge in [-0.3, -0.25) is 29.4 Å². The number of nitrogens with zero attached hydrogens (tertiary/aromatic N) is 6. The van der Waals surface area contributed by atoms with Crippen LogP contribution in [0.2, 0.25) is 10.0 Å². The van der Waals surface area contributed by atoms with Crippen molar-refractivity contribution in [2.24, 2.45) is 9.98 Å². The number of rotatable bonds is 12. The molecule has 0 bridgehead atoms. The number of aliphatic imine (C=N–C) groups is 2. The monoisotopic (exact) mass is 1190 g/mol. The smallest absolute Gasteiger partial charge is 0.326 e.